The maximum Gasteiger partial charge on any atom is 0.573 e. The standard InChI is InChI=1S/C28H25F5N6OS/c1-4-24-36-26(38-39(24)18-9-11-19(12-10-18)40-28(31,32)33)25-21(29)13-17(14-22(25)30)15-34-37-27(41)35-23-8-6-5-7-20(23)16(2)3/h5-16H,4H2,1-3H3,(H2,35,37,41). The van der Waals surface area contributed by atoms with Crippen LogP contribution in [0.1, 0.15) is 43.6 Å². The Kier molecular flexibility index (Phi) is 8.96. The summed E-state index contributed by atoms with van der Waals surface area (Å²) in [6.45, 7) is 5.87. The number of halogens is 5. The molecule has 0 spiro atoms. The first-order valence-electron chi connectivity index (χ1n) is 12.5. The number of thiocarbonyl (C=S) groups is 1. The number of hydrogen-bond acceptors (Lipinski definition) is 5. The molecule has 0 fully saturated rings. The lowest BCUT2D eigenvalue weighted by Crippen LogP contribution is -2.24. The predicted molar refractivity (Wildman–Crippen MR) is 150 cm³/mol. The van der Waals surface area contributed by atoms with E-state index in [4.69, 9.17) is 12.2 Å². The van der Waals surface area contributed by atoms with Gasteiger partial charge in [0.15, 0.2) is 10.9 Å². The van der Waals surface area contributed by atoms with E-state index >= 15 is 8.78 Å². The molecule has 0 aliphatic rings. The number of anilines is 1. The quantitative estimate of drug-likeness (QED) is 0.0989. The van der Waals surface area contributed by atoms with Crippen LogP contribution < -0.4 is 15.5 Å². The van der Waals surface area contributed by atoms with E-state index < -0.39 is 29.3 Å². The molecule has 3 aromatic carbocycles. The molecule has 41 heavy (non-hydrogen) atoms. The molecule has 4 aromatic rings. The van der Waals surface area contributed by atoms with Gasteiger partial charge in [-0.3, -0.25) is 5.43 Å². The number of para-hydroxylation sites is 1. The lowest BCUT2D eigenvalue weighted by atomic mass is 10.0. The van der Waals surface area contributed by atoms with Gasteiger partial charge in [-0.05, 0) is 66.2 Å². The van der Waals surface area contributed by atoms with Crippen molar-refractivity contribution in [1.82, 2.24) is 20.2 Å². The second-order valence-electron chi connectivity index (χ2n) is 9.08. The van der Waals surface area contributed by atoms with E-state index in [1.165, 1.54) is 23.0 Å². The number of alkyl halides is 3. The number of ether oxygens (including phenoxy) is 1. The Morgan fingerprint density at radius 1 is 1.07 bits per heavy atom. The van der Waals surface area contributed by atoms with Gasteiger partial charge in [0.25, 0.3) is 0 Å². The minimum Gasteiger partial charge on any atom is -0.406 e. The molecule has 1 aromatic heterocycles. The van der Waals surface area contributed by atoms with Crippen LogP contribution in [0.5, 0.6) is 5.75 Å². The molecule has 13 heteroatoms. The molecule has 0 amide bonds. The number of aromatic nitrogens is 3. The summed E-state index contributed by atoms with van der Waals surface area (Å²) in [7, 11) is 0. The molecule has 214 valence electrons. The van der Waals surface area contributed by atoms with Crippen molar-refractivity contribution in [2.45, 2.75) is 39.5 Å². The van der Waals surface area contributed by atoms with Gasteiger partial charge in [-0.1, -0.05) is 39.0 Å². The summed E-state index contributed by atoms with van der Waals surface area (Å²) >= 11 is 5.27. The van der Waals surface area contributed by atoms with E-state index in [1.54, 1.807) is 6.92 Å². The summed E-state index contributed by atoms with van der Waals surface area (Å²) in [6, 6.07) is 14.7. The summed E-state index contributed by atoms with van der Waals surface area (Å²) in [5.41, 5.74) is 4.52. The average molecular weight is 589 g/mol. The first kappa shape index (κ1) is 29.6. The maximum absolute atomic E-state index is 15.1. The van der Waals surface area contributed by atoms with Crippen LogP contribution in [0.4, 0.5) is 27.6 Å². The molecule has 7 nitrogen and oxygen atoms in total. The third-order valence-electron chi connectivity index (χ3n) is 5.80. The topological polar surface area (TPSA) is 76.4 Å². The van der Waals surface area contributed by atoms with Crippen molar-refractivity contribution in [3.63, 3.8) is 0 Å². The summed E-state index contributed by atoms with van der Waals surface area (Å²) in [6.07, 6.45) is -3.28. The number of hydrazone groups is 1. The Morgan fingerprint density at radius 3 is 2.34 bits per heavy atom. The Hall–Kier alpha value is -4.39. The van der Waals surface area contributed by atoms with E-state index in [0.717, 1.165) is 35.5 Å². The summed E-state index contributed by atoms with van der Waals surface area (Å²) < 4.78 is 72.7. The molecule has 0 aliphatic carbocycles. The van der Waals surface area contributed by atoms with Crippen LogP contribution >= 0.6 is 12.2 Å². The lowest BCUT2D eigenvalue weighted by Gasteiger charge is -2.14. The number of nitrogens with one attached hydrogen (secondary N) is 2. The minimum atomic E-state index is -4.83. The molecule has 0 bridgehead atoms. The van der Waals surface area contributed by atoms with Gasteiger partial charge in [-0.25, -0.2) is 18.4 Å². The smallest absolute Gasteiger partial charge is 0.406 e. The van der Waals surface area contributed by atoms with Crippen LogP contribution in [-0.2, 0) is 6.42 Å². The highest BCUT2D eigenvalue weighted by molar-refractivity contribution is 7.80. The number of nitrogens with zero attached hydrogens (tertiary/aromatic N) is 4. The van der Waals surface area contributed by atoms with E-state index in [0.29, 0.717) is 17.9 Å². The number of aryl methyl sites for hydroxylation is 1. The monoisotopic (exact) mass is 588 g/mol. The first-order valence-corrected chi connectivity index (χ1v) is 12.9. The molecule has 0 unspecified atom stereocenters. The highest BCUT2D eigenvalue weighted by Crippen LogP contribution is 2.28. The summed E-state index contributed by atoms with van der Waals surface area (Å²) in [4.78, 5) is 4.24. The SMILES string of the molecule is CCc1nc(-c2c(F)cc(C=NNC(=S)Nc3ccccc3C(C)C)cc2F)nn1-c1ccc(OC(F)(F)F)cc1. The van der Waals surface area contributed by atoms with Crippen LogP contribution in [-0.4, -0.2) is 32.5 Å². The zero-order chi connectivity index (χ0) is 29.7. The van der Waals surface area contributed by atoms with Crippen molar-refractivity contribution < 1.29 is 26.7 Å². The van der Waals surface area contributed by atoms with E-state index in [-0.39, 0.29) is 22.4 Å². The third-order valence-corrected chi connectivity index (χ3v) is 6.00. The predicted octanol–water partition coefficient (Wildman–Crippen LogP) is 7.12. The highest BCUT2D eigenvalue weighted by atomic mass is 32.1. The zero-order valence-corrected chi connectivity index (χ0v) is 22.9. The molecule has 0 radical (unpaired) electrons. The number of benzene rings is 3. The van der Waals surface area contributed by atoms with Crippen LogP contribution in [0.2, 0.25) is 0 Å². The molecule has 2 N–H and O–H groups in total. The fraction of sp³-hybridized carbons (Fsp3) is 0.214. The van der Waals surface area contributed by atoms with Crippen molar-refractivity contribution in [3.8, 4) is 22.8 Å². The van der Waals surface area contributed by atoms with Crippen molar-refractivity contribution in [2.24, 2.45) is 5.10 Å². The van der Waals surface area contributed by atoms with Crippen molar-refractivity contribution >= 4 is 29.2 Å². The van der Waals surface area contributed by atoms with Crippen molar-refractivity contribution in [2.75, 3.05) is 5.32 Å². The van der Waals surface area contributed by atoms with Gasteiger partial charge in [0.1, 0.15) is 23.2 Å². The molecule has 4 rings (SSSR count). The molecule has 0 saturated carbocycles. The Labute approximate surface area is 238 Å². The van der Waals surface area contributed by atoms with Gasteiger partial charge in [0.2, 0.25) is 0 Å². The minimum absolute atomic E-state index is 0.122. The van der Waals surface area contributed by atoms with Gasteiger partial charge in [-0.2, -0.15) is 5.10 Å². The Bertz CT molecular complexity index is 1540. The molecular formula is C28H25F5N6OS. The van der Waals surface area contributed by atoms with Crippen molar-refractivity contribution in [3.05, 3.63) is 89.2 Å². The Morgan fingerprint density at radius 2 is 1.73 bits per heavy atom. The second kappa shape index (κ2) is 12.4. The van der Waals surface area contributed by atoms with Crippen LogP contribution in [0.3, 0.4) is 0 Å². The van der Waals surface area contributed by atoms with E-state index in [2.05, 4.69) is 44.5 Å². The normalized spacial score (nSPS) is 11.7. The highest BCUT2D eigenvalue weighted by Gasteiger charge is 2.31. The van der Waals surface area contributed by atoms with Gasteiger partial charge in [-0.15, -0.1) is 18.3 Å². The largest absolute Gasteiger partial charge is 0.573 e. The maximum atomic E-state index is 15.1. The van der Waals surface area contributed by atoms with Gasteiger partial charge >= 0.3 is 6.36 Å². The van der Waals surface area contributed by atoms with Crippen LogP contribution in [0.15, 0.2) is 65.8 Å². The molecule has 1 heterocycles. The van der Waals surface area contributed by atoms with Gasteiger partial charge in [0.05, 0.1) is 17.5 Å². The molecule has 0 atom stereocenters. The molecule has 0 saturated heterocycles. The fourth-order valence-electron chi connectivity index (χ4n) is 3.99. The van der Waals surface area contributed by atoms with E-state index in [1.807, 2.05) is 24.3 Å². The van der Waals surface area contributed by atoms with Crippen LogP contribution in [0, 0.1) is 11.6 Å². The zero-order valence-electron chi connectivity index (χ0n) is 22.1. The number of rotatable bonds is 8. The van der Waals surface area contributed by atoms with E-state index in [9.17, 15) is 13.2 Å². The molecule has 0 aliphatic heterocycles. The lowest BCUT2D eigenvalue weighted by molar-refractivity contribution is -0.274. The second-order valence-corrected chi connectivity index (χ2v) is 9.49. The van der Waals surface area contributed by atoms with Crippen LogP contribution in [0.25, 0.3) is 17.1 Å². The van der Waals surface area contributed by atoms with Gasteiger partial charge in [0, 0.05) is 17.7 Å². The summed E-state index contributed by atoms with van der Waals surface area (Å²) in [5.74, 6) is -1.87. The summed E-state index contributed by atoms with van der Waals surface area (Å²) in [5, 5.41) is 11.4. The fourth-order valence-corrected chi connectivity index (χ4v) is 4.15. The Balaban J connectivity index is 1.50. The van der Waals surface area contributed by atoms with Gasteiger partial charge < -0.3 is 10.1 Å². The number of hydrogen-bond donors (Lipinski definition) is 2. The molecular weight excluding hydrogens is 563 g/mol. The average Bonchev–Trinajstić information content (AvgIpc) is 3.32. The third kappa shape index (κ3) is 7.42. The first-order chi connectivity index (χ1) is 19.4. The van der Waals surface area contributed by atoms with Crippen molar-refractivity contribution in [1.29, 1.82) is 0 Å².